The first-order valence-electron chi connectivity index (χ1n) is 13.1. The lowest BCUT2D eigenvalue weighted by Crippen LogP contribution is -2.53. The molecule has 0 bridgehead atoms. The number of aryl methyl sites for hydroxylation is 1. The van der Waals surface area contributed by atoms with Crippen LogP contribution in [0.15, 0.2) is 83.8 Å². The van der Waals surface area contributed by atoms with Crippen molar-refractivity contribution in [2.45, 2.75) is 64.1 Å². The number of carbonyl (C=O) groups is 2. The maximum absolute atomic E-state index is 14.0. The number of sulfonamides is 1. The summed E-state index contributed by atoms with van der Waals surface area (Å²) in [7, 11) is -4.13. The Bertz CT molecular complexity index is 1350. The van der Waals surface area contributed by atoms with Crippen LogP contribution in [0.1, 0.15) is 44.7 Å². The van der Waals surface area contributed by atoms with Crippen LogP contribution < -0.4 is 9.62 Å². The Hall–Kier alpha value is -3.36. The Morgan fingerprint density at radius 1 is 0.897 bits per heavy atom. The van der Waals surface area contributed by atoms with Crippen LogP contribution in [-0.2, 0) is 26.2 Å². The molecule has 208 valence electrons. The number of nitrogens with one attached hydrogen (secondary N) is 1. The van der Waals surface area contributed by atoms with Gasteiger partial charge in [-0.2, -0.15) is 0 Å². The second kappa shape index (κ2) is 13.6. The highest BCUT2D eigenvalue weighted by Crippen LogP contribution is 2.25. The lowest BCUT2D eigenvalue weighted by molar-refractivity contribution is -0.140. The molecule has 9 heteroatoms. The number of anilines is 1. The van der Waals surface area contributed by atoms with Crippen LogP contribution in [0.3, 0.4) is 0 Å². The fraction of sp³-hybridized carbons (Fsp3) is 0.333. The van der Waals surface area contributed by atoms with Crippen molar-refractivity contribution < 1.29 is 18.0 Å². The molecule has 0 heterocycles. The van der Waals surface area contributed by atoms with Crippen LogP contribution in [-0.4, -0.2) is 43.8 Å². The highest BCUT2D eigenvalue weighted by Gasteiger charge is 2.33. The van der Waals surface area contributed by atoms with Gasteiger partial charge in [0.05, 0.1) is 10.6 Å². The summed E-state index contributed by atoms with van der Waals surface area (Å²) < 4.78 is 28.7. The lowest BCUT2D eigenvalue weighted by atomic mass is 10.1. The summed E-state index contributed by atoms with van der Waals surface area (Å²) in [5.74, 6) is -0.748. The predicted molar refractivity (Wildman–Crippen MR) is 156 cm³/mol. The molecule has 1 N–H and O–H groups in total. The summed E-state index contributed by atoms with van der Waals surface area (Å²) in [4.78, 5) is 28.8. The predicted octanol–water partition coefficient (Wildman–Crippen LogP) is 5.57. The molecular weight excluding hydrogens is 534 g/mol. The number of para-hydroxylation sites is 1. The fourth-order valence-corrected chi connectivity index (χ4v) is 5.65. The molecule has 0 saturated carbocycles. The molecule has 0 aliphatic heterocycles. The average Bonchev–Trinajstić information content (AvgIpc) is 2.93. The van der Waals surface area contributed by atoms with Gasteiger partial charge in [0.15, 0.2) is 0 Å². The number of carbonyl (C=O) groups excluding carboxylic acids is 2. The van der Waals surface area contributed by atoms with Crippen LogP contribution in [0.4, 0.5) is 5.69 Å². The van der Waals surface area contributed by atoms with Gasteiger partial charge < -0.3 is 10.2 Å². The van der Waals surface area contributed by atoms with E-state index in [9.17, 15) is 18.0 Å². The maximum Gasteiger partial charge on any atom is 0.264 e. The van der Waals surface area contributed by atoms with Crippen molar-refractivity contribution in [2.24, 2.45) is 0 Å². The standard InChI is InChI=1S/C30H36ClN3O4S/c1-5-23(4)32-30(36)28(6-2)33(20-24-14-12-22(3)13-15-24)29(35)21-34(26-10-8-7-9-11-26)39(37,38)27-18-16-25(31)17-19-27/h7-19,23,28H,5-6,20-21H2,1-4H3,(H,32,36)/t23-,28+/m0/s1. The third-order valence-electron chi connectivity index (χ3n) is 6.59. The third kappa shape index (κ3) is 7.83. The van der Waals surface area contributed by atoms with Gasteiger partial charge in [-0.3, -0.25) is 13.9 Å². The number of amides is 2. The maximum atomic E-state index is 14.0. The molecule has 0 saturated heterocycles. The fourth-order valence-electron chi connectivity index (χ4n) is 4.11. The van der Waals surface area contributed by atoms with Crippen LogP contribution in [0.25, 0.3) is 0 Å². The number of hydrogen-bond donors (Lipinski definition) is 1. The van der Waals surface area contributed by atoms with E-state index in [1.165, 1.54) is 29.2 Å². The molecular formula is C30H36ClN3O4S. The van der Waals surface area contributed by atoms with Gasteiger partial charge in [0.25, 0.3) is 10.0 Å². The molecule has 2 atom stereocenters. The number of hydrogen-bond acceptors (Lipinski definition) is 4. The van der Waals surface area contributed by atoms with E-state index < -0.39 is 28.5 Å². The van der Waals surface area contributed by atoms with Gasteiger partial charge in [-0.25, -0.2) is 8.42 Å². The van der Waals surface area contributed by atoms with Crippen LogP contribution in [0.5, 0.6) is 0 Å². The van der Waals surface area contributed by atoms with Crippen molar-refractivity contribution in [1.82, 2.24) is 10.2 Å². The summed E-state index contributed by atoms with van der Waals surface area (Å²) in [5, 5.41) is 3.38. The van der Waals surface area contributed by atoms with Gasteiger partial charge in [0.1, 0.15) is 12.6 Å². The topological polar surface area (TPSA) is 86.8 Å². The zero-order valence-corrected chi connectivity index (χ0v) is 24.4. The molecule has 0 radical (unpaired) electrons. The van der Waals surface area contributed by atoms with E-state index in [-0.39, 0.29) is 23.4 Å². The number of nitrogens with zero attached hydrogens (tertiary/aromatic N) is 2. The second-order valence-electron chi connectivity index (χ2n) is 9.55. The van der Waals surface area contributed by atoms with Crippen LogP contribution >= 0.6 is 11.6 Å². The Balaban J connectivity index is 2.02. The summed E-state index contributed by atoms with van der Waals surface area (Å²) in [6.45, 7) is 7.38. The summed E-state index contributed by atoms with van der Waals surface area (Å²) in [5.41, 5.74) is 2.26. The molecule has 0 unspecified atom stereocenters. The third-order valence-corrected chi connectivity index (χ3v) is 8.63. The average molecular weight is 570 g/mol. The number of benzene rings is 3. The Morgan fingerprint density at radius 3 is 2.08 bits per heavy atom. The number of halogens is 1. The number of rotatable bonds is 12. The van der Waals surface area contributed by atoms with Crippen LogP contribution in [0.2, 0.25) is 5.02 Å². The van der Waals surface area contributed by atoms with E-state index in [0.717, 1.165) is 21.9 Å². The minimum atomic E-state index is -4.13. The smallest absolute Gasteiger partial charge is 0.264 e. The quantitative estimate of drug-likeness (QED) is 0.309. The molecule has 3 aromatic carbocycles. The molecule has 0 spiro atoms. The minimum Gasteiger partial charge on any atom is -0.352 e. The largest absolute Gasteiger partial charge is 0.352 e. The van der Waals surface area contributed by atoms with Gasteiger partial charge in [0.2, 0.25) is 11.8 Å². The Kier molecular flexibility index (Phi) is 10.5. The van der Waals surface area contributed by atoms with Crippen molar-refractivity contribution >= 4 is 39.1 Å². The molecule has 39 heavy (non-hydrogen) atoms. The van der Waals surface area contributed by atoms with Gasteiger partial charge >= 0.3 is 0 Å². The first-order valence-corrected chi connectivity index (χ1v) is 14.9. The summed E-state index contributed by atoms with van der Waals surface area (Å²) >= 11 is 5.99. The van der Waals surface area contributed by atoms with Gasteiger partial charge in [-0.05, 0) is 68.7 Å². The SMILES string of the molecule is CC[C@H](C(=O)N[C@@H](C)CC)N(Cc1ccc(C)cc1)C(=O)CN(c1ccccc1)S(=O)(=O)c1ccc(Cl)cc1. The second-order valence-corrected chi connectivity index (χ2v) is 11.8. The summed E-state index contributed by atoms with van der Waals surface area (Å²) in [6.07, 6.45) is 1.12. The first kappa shape index (κ1) is 30.2. The highest BCUT2D eigenvalue weighted by molar-refractivity contribution is 7.92. The molecule has 0 aliphatic rings. The van der Waals surface area contributed by atoms with E-state index in [1.807, 2.05) is 52.0 Å². The molecule has 3 aromatic rings. The first-order chi connectivity index (χ1) is 18.6. The zero-order valence-electron chi connectivity index (χ0n) is 22.8. The Labute approximate surface area is 236 Å². The Morgan fingerprint density at radius 2 is 1.51 bits per heavy atom. The van der Waals surface area contributed by atoms with Crippen molar-refractivity contribution in [2.75, 3.05) is 10.8 Å². The van der Waals surface area contributed by atoms with Crippen molar-refractivity contribution in [3.05, 3.63) is 95.0 Å². The van der Waals surface area contributed by atoms with Crippen molar-refractivity contribution in [1.29, 1.82) is 0 Å². The van der Waals surface area contributed by atoms with Gasteiger partial charge in [-0.15, -0.1) is 0 Å². The molecule has 0 aliphatic carbocycles. The van der Waals surface area contributed by atoms with E-state index in [2.05, 4.69) is 5.32 Å². The monoisotopic (exact) mass is 569 g/mol. The normalized spacial score (nSPS) is 12.8. The molecule has 2 amide bonds. The van der Waals surface area contributed by atoms with E-state index in [1.54, 1.807) is 30.3 Å². The minimum absolute atomic E-state index is 0.00944. The lowest BCUT2D eigenvalue weighted by Gasteiger charge is -2.33. The van der Waals surface area contributed by atoms with E-state index in [4.69, 9.17) is 11.6 Å². The molecule has 7 nitrogen and oxygen atoms in total. The van der Waals surface area contributed by atoms with E-state index in [0.29, 0.717) is 17.1 Å². The highest BCUT2D eigenvalue weighted by atomic mass is 35.5. The molecule has 0 fully saturated rings. The van der Waals surface area contributed by atoms with Crippen molar-refractivity contribution in [3.63, 3.8) is 0 Å². The summed E-state index contributed by atoms with van der Waals surface area (Å²) in [6, 6.07) is 21.2. The van der Waals surface area contributed by atoms with E-state index >= 15 is 0 Å². The van der Waals surface area contributed by atoms with Gasteiger partial charge in [-0.1, -0.05) is 73.5 Å². The molecule has 3 rings (SSSR count). The van der Waals surface area contributed by atoms with Crippen LogP contribution in [0, 0.1) is 6.92 Å². The molecule has 0 aromatic heterocycles. The van der Waals surface area contributed by atoms with Crippen molar-refractivity contribution in [3.8, 4) is 0 Å². The van der Waals surface area contributed by atoms with Gasteiger partial charge in [0, 0.05) is 17.6 Å². The zero-order chi connectivity index (χ0) is 28.6.